The van der Waals surface area contributed by atoms with Gasteiger partial charge in [0.05, 0.1) is 6.61 Å². The Morgan fingerprint density at radius 3 is 2.61 bits per heavy atom. The Labute approximate surface area is 143 Å². The lowest BCUT2D eigenvalue weighted by Crippen LogP contribution is -2.49. The predicted molar refractivity (Wildman–Crippen MR) is 100 cm³/mol. The molecule has 1 saturated heterocycles. The number of ether oxygens (including phenoxy) is 1. The summed E-state index contributed by atoms with van der Waals surface area (Å²) in [5, 5.41) is 0. The summed E-state index contributed by atoms with van der Waals surface area (Å²) in [4.78, 5) is 2.49. The fraction of sp³-hybridized carbons (Fsp3) is 0.714. The first kappa shape index (κ1) is 18.3. The summed E-state index contributed by atoms with van der Waals surface area (Å²) in [7, 11) is 1.80. The van der Waals surface area contributed by atoms with Crippen molar-refractivity contribution in [2.45, 2.75) is 59.3 Å². The minimum absolute atomic E-state index is 0.710. The Bertz CT molecular complexity index is 465. The molecule has 2 heteroatoms. The van der Waals surface area contributed by atoms with Crippen LogP contribution in [0.4, 0.5) is 5.69 Å². The van der Waals surface area contributed by atoms with E-state index in [1.807, 2.05) is 0 Å². The van der Waals surface area contributed by atoms with Gasteiger partial charge in [-0.25, -0.2) is 0 Å². The van der Waals surface area contributed by atoms with Crippen molar-refractivity contribution in [1.82, 2.24) is 0 Å². The van der Waals surface area contributed by atoms with Crippen LogP contribution < -0.4 is 4.90 Å². The topological polar surface area (TPSA) is 12.5 Å². The molecule has 0 spiro atoms. The third-order valence-corrected chi connectivity index (χ3v) is 5.28. The van der Waals surface area contributed by atoms with E-state index in [9.17, 15) is 0 Å². The standard InChI is InChI=1S/C21H35NO/c1-5-7-8-9-18(6-2)13-19-10-11-21(17(3)12-19)22-14-20(15-22)16-23-4/h10-12,18,20H,5-9,13-16H2,1-4H3. The summed E-state index contributed by atoms with van der Waals surface area (Å²) < 4.78 is 5.25. The van der Waals surface area contributed by atoms with Gasteiger partial charge in [0.25, 0.3) is 0 Å². The number of unbranched alkanes of at least 4 members (excludes halogenated alkanes) is 2. The van der Waals surface area contributed by atoms with Crippen molar-refractivity contribution < 1.29 is 4.74 Å². The first-order valence-electron chi connectivity index (χ1n) is 9.51. The van der Waals surface area contributed by atoms with Gasteiger partial charge in [0, 0.05) is 31.8 Å². The van der Waals surface area contributed by atoms with E-state index in [2.05, 4.69) is 43.9 Å². The van der Waals surface area contributed by atoms with Crippen molar-refractivity contribution in [1.29, 1.82) is 0 Å². The fourth-order valence-electron chi connectivity index (χ4n) is 3.77. The van der Waals surface area contributed by atoms with Crippen LogP contribution in [-0.2, 0) is 11.2 Å². The lowest BCUT2D eigenvalue weighted by Gasteiger charge is -2.41. The summed E-state index contributed by atoms with van der Waals surface area (Å²) in [5.41, 5.74) is 4.37. The third-order valence-electron chi connectivity index (χ3n) is 5.28. The van der Waals surface area contributed by atoms with Crippen LogP contribution in [0, 0.1) is 18.8 Å². The maximum atomic E-state index is 5.25. The highest BCUT2D eigenvalue weighted by Crippen LogP contribution is 2.29. The van der Waals surface area contributed by atoms with Crippen molar-refractivity contribution in [2.24, 2.45) is 11.8 Å². The Hall–Kier alpha value is -1.02. The van der Waals surface area contributed by atoms with Gasteiger partial charge >= 0.3 is 0 Å². The van der Waals surface area contributed by atoms with Crippen LogP contribution in [0.15, 0.2) is 18.2 Å². The molecule has 2 nitrogen and oxygen atoms in total. The minimum atomic E-state index is 0.710. The fourth-order valence-corrected chi connectivity index (χ4v) is 3.77. The molecular weight excluding hydrogens is 282 g/mol. The highest BCUT2D eigenvalue weighted by molar-refractivity contribution is 5.56. The van der Waals surface area contributed by atoms with Crippen molar-refractivity contribution in [3.8, 4) is 0 Å². The van der Waals surface area contributed by atoms with Crippen LogP contribution in [0.5, 0.6) is 0 Å². The third kappa shape index (κ3) is 5.24. The molecule has 0 aromatic heterocycles. The molecule has 23 heavy (non-hydrogen) atoms. The number of nitrogens with zero attached hydrogens (tertiary/aromatic N) is 1. The second-order valence-corrected chi connectivity index (χ2v) is 7.32. The van der Waals surface area contributed by atoms with E-state index in [4.69, 9.17) is 4.74 Å². The van der Waals surface area contributed by atoms with Crippen molar-refractivity contribution in [3.63, 3.8) is 0 Å². The zero-order valence-electron chi connectivity index (χ0n) is 15.6. The Balaban J connectivity index is 1.88. The van der Waals surface area contributed by atoms with Gasteiger partial charge in [0.2, 0.25) is 0 Å². The van der Waals surface area contributed by atoms with E-state index >= 15 is 0 Å². The molecule has 2 rings (SSSR count). The summed E-state index contributed by atoms with van der Waals surface area (Å²) >= 11 is 0. The maximum Gasteiger partial charge on any atom is 0.0524 e. The van der Waals surface area contributed by atoms with Crippen molar-refractivity contribution >= 4 is 5.69 Å². The molecule has 0 saturated carbocycles. The largest absolute Gasteiger partial charge is 0.384 e. The number of rotatable bonds is 10. The Morgan fingerprint density at radius 2 is 2.00 bits per heavy atom. The zero-order chi connectivity index (χ0) is 16.7. The van der Waals surface area contributed by atoms with E-state index in [1.54, 1.807) is 7.11 Å². The van der Waals surface area contributed by atoms with Crippen LogP contribution in [0.2, 0.25) is 0 Å². The Morgan fingerprint density at radius 1 is 1.22 bits per heavy atom. The van der Waals surface area contributed by atoms with Gasteiger partial charge in [-0.3, -0.25) is 0 Å². The average molecular weight is 318 g/mol. The number of hydrogen-bond donors (Lipinski definition) is 0. The van der Waals surface area contributed by atoms with Crippen molar-refractivity contribution in [3.05, 3.63) is 29.3 Å². The van der Waals surface area contributed by atoms with Gasteiger partial charge in [0.15, 0.2) is 0 Å². The number of hydrogen-bond acceptors (Lipinski definition) is 2. The zero-order valence-corrected chi connectivity index (χ0v) is 15.6. The molecule has 0 N–H and O–H groups in total. The maximum absolute atomic E-state index is 5.25. The smallest absolute Gasteiger partial charge is 0.0524 e. The number of benzene rings is 1. The highest BCUT2D eigenvalue weighted by atomic mass is 16.5. The van der Waals surface area contributed by atoms with E-state index < -0.39 is 0 Å². The molecule has 1 unspecified atom stereocenters. The summed E-state index contributed by atoms with van der Waals surface area (Å²) in [6, 6.07) is 7.11. The van der Waals surface area contributed by atoms with Gasteiger partial charge < -0.3 is 9.64 Å². The number of methoxy groups -OCH3 is 1. The van der Waals surface area contributed by atoms with E-state index in [1.165, 1.54) is 55.3 Å². The monoisotopic (exact) mass is 317 g/mol. The molecule has 0 amide bonds. The molecule has 1 aromatic carbocycles. The molecule has 1 fully saturated rings. The first-order valence-corrected chi connectivity index (χ1v) is 9.51. The minimum Gasteiger partial charge on any atom is -0.384 e. The molecule has 0 radical (unpaired) electrons. The predicted octanol–water partition coefficient (Wildman–Crippen LogP) is 5.23. The average Bonchev–Trinajstić information content (AvgIpc) is 2.50. The van der Waals surface area contributed by atoms with Gasteiger partial charge in [-0.15, -0.1) is 0 Å². The summed E-state index contributed by atoms with van der Waals surface area (Å²) in [5.74, 6) is 1.56. The number of anilines is 1. The van der Waals surface area contributed by atoms with Crippen LogP contribution in [0.1, 0.15) is 57.1 Å². The molecular formula is C21H35NO. The van der Waals surface area contributed by atoms with Crippen LogP contribution in [-0.4, -0.2) is 26.8 Å². The van der Waals surface area contributed by atoms with Gasteiger partial charge in [0.1, 0.15) is 0 Å². The second kappa shape index (κ2) is 9.32. The van der Waals surface area contributed by atoms with E-state index in [0.717, 1.165) is 25.6 Å². The van der Waals surface area contributed by atoms with E-state index in [0.29, 0.717) is 5.92 Å². The first-order chi connectivity index (χ1) is 11.2. The number of aryl methyl sites for hydroxylation is 1. The lowest BCUT2D eigenvalue weighted by molar-refractivity contribution is 0.137. The Kier molecular flexibility index (Phi) is 7.42. The quantitative estimate of drug-likeness (QED) is 0.548. The summed E-state index contributed by atoms with van der Waals surface area (Å²) in [6.07, 6.45) is 8.02. The molecule has 1 heterocycles. The van der Waals surface area contributed by atoms with Crippen molar-refractivity contribution in [2.75, 3.05) is 31.7 Å². The second-order valence-electron chi connectivity index (χ2n) is 7.32. The molecule has 1 aliphatic heterocycles. The molecule has 1 aromatic rings. The van der Waals surface area contributed by atoms with Gasteiger partial charge in [-0.2, -0.15) is 0 Å². The van der Waals surface area contributed by atoms with Crippen LogP contribution in [0.25, 0.3) is 0 Å². The molecule has 1 atom stereocenters. The van der Waals surface area contributed by atoms with E-state index in [-0.39, 0.29) is 0 Å². The molecule has 1 aliphatic rings. The SMILES string of the molecule is CCCCCC(CC)Cc1ccc(N2CC(COC)C2)c(C)c1. The normalized spacial score (nSPS) is 16.4. The molecule has 0 aliphatic carbocycles. The van der Waals surface area contributed by atoms with Crippen LogP contribution >= 0.6 is 0 Å². The van der Waals surface area contributed by atoms with Gasteiger partial charge in [-0.1, -0.05) is 58.1 Å². The lowest BCUT2D eigenvalue weighted by atomic mass is 9.90. The summed E-state index contributed by atoms with van der Waals surface area (Å²) in [6.45, 7) is 10.1. The highest BCUT2D eigenvalue weighted by Gasteiger charge is 2.27. The molecule has 0 bridgehead atoms. The molecule has 130 valence electrons. The van der Waals surface area contributed by atoms with Crippen LogP contribution in [0.3, 0.4) is 0 Å². The van der Waals surface area contributed by atoms with Gasteiger partial charge in [-0.05, 0) is 36.5 Å².